The van der Waals surface area contributed by atoms with Gasteiger partial charge >= 0.3 is 0 Å². The molecule has 0 radical (unpaired) electrons. The molecule has 1 aromatic heterocycles. The van der Waals surface area contributed by atoms with Gasteiger partial charge in [0.05, 0.1) is 5.56 Å². The van der Waals surface area contributed by atoms with Gasteiger partial charge in [-0.3, -0.25) is 4.79 Å². The molecule has 0 aliphatic carbocycles. The lowest BCUT2D eigenvalue weighted by molar-refractivity contribution is 0.0950. The molecule has 136 valence electrons. The third kappa shape index (κ3) is 3.79. The molecule has 4 rings (SSSR count). The van der Waals surface area contributed by atoms with Crippen molar-refractivity contribution in [3.8, 4) is 0 Å². The van der Waals surface area contributed by atoms with Gasteiger partial charge in [-0.2, -0.15) is 0 Å². The lowest BCUT2D eigenvalue weighted by atomic mass is 10.0. The second-order valence-corrected chi connectivity index (χ2v) is 6.46. The van der Waals surface area contributed by atoms with Crippen molar-refractivity contribution in [2.75, 3.05) is 11.4 Å². The van der Waals surface area contributed by atoms with Crippen LogP contribution in [0.4, 0.5) is 16.0 Å². The number of fused-ring (bicyclic) bond motifs is 1. The number of carbonyl (C=O) groups is 1. The smallest absolute Gasteiger partial charge is 0.254 e. The number of rotatable bonds is 4. The second-order valence-electron chi connectivity index (χ2n) is 6.46. The number of nitrogens with one attached hydrogen (secondary N) is 1. The predicted octanol–water partition coefficient (Wildman–Crippen LogP) is 3.63. The molecule has 2 heterocycles. The number of amides is 1. The highest BCUT2D eigenvalue weighted by atomic mass is 19.1. The summed E-state index contributed by atoms with van der Waals surface area (Å²) >= 11 is 0. The number of carbonyl (C=O) groups excluding carboxylic acids is 1. The number of benzene rings is 2. The van der Waals surface area contributed by atoms with Gasteiger partial charge < -0.3 is 10.2 Å². The average Bonchev–Trinajstić information content (AvgIpc) is 2.73. The number of nitrogens with zero attached hydrogens (tertiary/aromatic N) is 3. The van der Waals surface area contributed by atoms with Crippen molar-refractivity contribution in [1.29, 1.82) is 0 Å². The number of aryl methyl sites for hydroxylation is 1. The Morgan fingerprint density at radius 2 is 1.81 bits per heavy atom. The van der Waals surface area contributed by atoms with Crippen LogP contribution in [0, 0.1) is 5.82 Å². The Bertz CT molecular complexity index is 941. The van der Waals surface area contributed by atoms with Crippen LogP contribution in [0.5, 0.6) is 0 Å². The average molecular weight is 362 g/mol. The normalized spacial score (nSPS) is 13.1. The van der Waals surface area contributed by atoms with Gasteiger partial charge in [0.15, 0.2) is 0 Å². The molecule has 0 spiro atoms. The van der Waals surface area contributed by atoms with E-state index in [1.54, 1.807) is 24.5 Å². The Morgan fingerprint density at radius 3 is 2.59 bits per heavy atom. The SMILES string of the molecule is O=C(NCc1ccc(F)cc1)c1cnc(N2CCCc3ccccc32)nc1. The Balaban J connectivity index is 1.44. The van der Waals surface area contributed by atoms with E-state index in [9.17, 15) is 9.18 Å². The van der Waals surface area contributed by atoms with Crippen molar-refractivity contribution in [3.63, 3.8) is 0 Å². The standard InChI is InChI=1S/C21H19FN4O/c22-18-9-7-15(8-10-18)12-23-20(27)17-13-24-21(25-14-17)26-11-3-5-16-4-1-2-6-19(16)26/h1-2,4,6-10,13-14H,3,5,11-12H2,(H,23,27). The Kier molecular flexibility index (Phi) is 4.78. The summed E-state index contributed by atoms with van der Waals surface area (Å²) in [6.07, 6.45) is 5.18. The molecule has 0 unspecified atom stereocenters. The van der Waals surface area contributed by atoms with Crippen LogP contribution >= 0.6 is 0 Å². The van der Waals surface area contributed by atoms with Crippen LogP contribution in [0.3, 0.4) is 0 Å². The molecule has 2 aromatic carbocycles. The van der Waals surface area contributed by atoms with Crippen LogP contribution in [0.25, 0.3) is 0 Å². The summed E-state index contributed by atoms with van der Waals surface area (Å²) in [6, 6.07) is 14.3. The van der Waals surface area contributed by atoms with E-state index < -0.39 is 0 Å². The molecule has 27 heavy (non-hydrogen) atoms. The van der Waals surface area contributed by atoms with Crippen molar-refractivity contribution >= 4 is 17.5 Å². The maximum absolute atomic E-state index is 12.9. The molecule has 1 aliphatic heterocycles. The van der Waals surface area contributed by atoms with Crippen LogP contribution in [0.2, 0.25) is 0 Å². The molecule has 0 atom stereocenters. The van der Waals surface area contributed by atoms with Gasteiger partial charge in [-0.25, -0.2) is 14.4 Å². The van der Waals surface area contributed by atoms with E-state index in [0.29, 0.717) is 18.1 Å². The summed E-state index contributed by atoms with van der Waals surface area (Å²) in [5.74, 6) is 0.0375. The minimum atomic E-state index is -0.298. The van der Waals surface area contributed by atoms with Gasteiger partial charge in [0, 0.05) is 31.2 Å². The summed E-state index contributed by atoms with van der Waals surface area (Å²) < 4.78 is 12.9. The number of para-hydroxylation sites is 1. The highest BCUT2D eigenvalue weighted by molar-refractivity contribution is 5.93. The predicted molar refractivity (Wildman–Crippen MR) is 101 cm³/mol. The summed E-state index contributed by atoms with van der Waals surface area (Å²) in [7, 11) is 0. The van der Waals surface area contributed by atoms with E-state index in [0.717, 1.165) is 30.6 Å². The van der Waals surface area contributed by atoms with Crippen LogP contribution in [0.15, 0.2) is 60.9 Å². The molecule has 1 aliphatic rings. The van der Waals surface area contributed by atoms with Gasteiger partial charge in [-0.05, 0) is 42.2 Å². The first-order valence-corrected chi connectivity index (χ1v) is 8.91. The van der Waals surface area contributed by atoms with Gasteiger partial charge in [-0.1, -0.05) is 30.3 Å². The lowest BCUT2D eigenvalue weighted by Gasteiger charge is -2.29. The molecule has 0 fully saturated rings. The number of halogens is 1. The Morgan fingerprint density at radius 1 is 1.07 bits per heavy atom. The number of hydrogen-bond donors (Lipinski definition) is 1. The first kappa shape index (κ1) is 17.1. The Hall–Kier alpha value is -3.28. The first-order chi connectivity index (χ1) is 13.2. The largest absolute Gasteiger partial charge is 0.348 e. The van der Waals surface area contributed by atoms with Crippen molar-refractivity contribution in [2.45, 2.75) is 19.4 Å². The van der Waals surface area contributed by atoms with Crippen LogP contribution in [-0.2, 0) is 13.0 Å². The van der Waals surface area contributed by atoms with Crippen molar-refractivity contribution in [1.82, 2.24) is 15.3 Å². The van der Waals surface area contributed by atoms with E-state index >= 15 is 0 Å². The maximum Gasteiger partial charge on any atom is 0.254 e. The molecule has 5 nitrogen and oxygen atoms in total. The van der Waals surface area contributed by atoms with E-state index in [2.05, 4.69) is 32.3 Å². The van der Waals surface area contributed by atoms with Crippen LogP contribution in [0.1, 0.15) is 27.9 Å². The zero-order chi connectivity index (χ0) is 18.6. The number of aromatic nitrogens is 2. The third-order valence-electron chi connectivity index (χ3n) is 4.62. The molecule has 3 aromatic rings. The van der Waals surface area contributed by atoms with Gasteiger partial charge in [0.2, 0.25) is 5.95 Å². The molecule has 0 bridgehead atoms. The minimum Gasteiger partial charge on any atom is -0.348 e. The van der Waals surface area contributed by atoms with Gasteiger partial charge in [0.25, 0.3) is 5.91 Å². The molecular weight excluding hydrogens is 343 g/mol. The second kappa shape index (κ2) is 7.53. The van der Waals surface area contributed by atoms with E-state index in [-0.39, 0.29) is 11.7 Å². The topological polar surface area (TPSA) is 58.1 Å². The summed E-state index contributed by atoms with van der Waals surface area (Å²) in [5, 5.41) is 2.79. The fourth-order valence-electron chi connectivity index (χ4n) is 3.21. The van der Waals surface area contributed by atoms with E-state index in [1.165, 1.54) is 17.7 Å². The fourth-order valence-corrected chi connectivity index (χ4v) is 3.21. The molecule has 1 amide bonds. The number of anilines is 2. The zero-order valence-corrected chi connectivity index (χ0v) is 14.7. The molecular formula is C21H19FN4O. The van der Waals surface area contributed by atoms with Crippen LogP contribution in [-0.4, -0.2) is 22.4 Å². The third-order valence-corrected chi connectivity index (χ3v) is 4.62. The maximum atomic E-state index is 12.9. The first-order valence-electron chi connectivity index (χ1n) is 8.91. The molecule has 0 saturated carbocycles. The zero-order valence-electron chi connectivity index (χ0n) is 14.7. The van der Waals surface area contributed by atoms with Crippen LogP contribution < -0.4 is 10.2 Å². The molecule has 0 saturated heterocycles. The quantitative estimate of drug-likeness (QED) is 0.770. The summed E-state index contributed by atoms with van der Waals surface area (Å²) in [4.78, 5) is 23.2. The lowest BCUT2D eigenvalue weighted by Crippen LogP contribution is -2.27. The van der Waals surface area contributed by atoms with E-state index in [1.807, 2.05) is 12.1 Å². The minimum absolute atomic E-state index is 0.259. The monoisotopic (exact) mass is 362 g/mol. The highest BCUT2D eigenvalue weighted by Gasteiger charge is 2.20. The fraction of sp³-hybridized carbons (Fsp3) is 0.190. The summed E-state index contributed by atoms with van der Waals surface area (Å²) in [6.45, 7) is 1.17. The van der Waals surface area contributed by atoms with Crippen molar-refractivity contribution in [2.24, 2.45) is 0 Å². The van der Waals surface area contributed by atoms with Gasteiger partial charge in [0.1, 0.15) is 5.82 Å². The summed E-state index contributed by atoms with van der Waals surface area (Å²) in [5.41, 5.74) is 3.63. The molecule has 1 N–H and O–H groups in total. The Labute approximate surface area is 156 Å². The van der Waals surface area contributed by atoms with E-state index in [4.69, 9.17) is 0 Å². The number of hydrogen-bond acceptors (Lipinski definition) is 4. The van der Waals surface area contributed by atoms with Crippen molar-refractivity contribution in [3.05, 3.63) is 83.4 Å². The molecule has 6 heteroatoms. The highest BCUT2D eigenvalue weighted by Crippen LogP contribution is 2.30. The van der Waals surface area contributed by atoms with Crippen molar-refractivity contribution < 1.29 is 9.18 Å². The van der Waals surface area contributed by atoms with Gasteiger partial charge in [-0.15, -0.1) is 0 Å².